The molecule has 1 saturated carbocycles. The van der Waals surface area contributed by atoms with Gasteiger partial charge in [-0.15, -0.1) is 0 Å². The van der Waals surface area contributed by atoms with E-state index >= 15 is 0 Å². The lowest BCUT2D eigenvalue weighted by Crippen LogP contribution is -2.70. The van der Waals surface area contributed by atoms with E-state index in [9.17, 15) is 9.59 Å². The van der Waals surface area contributed by atoms with E-state index in [0.717, 1.165) is 19.3 Å². The number of aromatic nitrogens is 2. The summed E-state index contributed by atoms with van der Waals surface area (Å²) in [5, 5.41) is 7.54. The minimum Gasteiger partial charge on any atom is -0.435 e. The molecule has 8 atom stereocenters. The van der Waals surface area contributed by atoms with Gasteiger partial charge in [0.1, 0.15) is 12.1 Å². The number of ether oxygens (including phenoxy) is 3. The van der Waals surface area contributed by atoms with Crippen molar-refractivity contribution in [2.24, 2.45) is 23.7 Å². The number of halogens is 2. The smallest absolute Gasteiger partial charge is 0.308 e. The van der Waals surface area contributed by atoms with Gasteiger partial charge < -0.3 is 24.8 Å². The largest absolute Gasteiger partial charge is 0.435 e. The van der Waals surface area contributed by atoms with Crippen LogP contribution in [0.1, 0.15) is 59.3 Å². The van der Waals surface area contributed by atoms with Crippen LogP contribution in [0, 0.1) is 23.7 Å². The first-order valence-corrected chi connectivity index (χ1v) is 16.5. The molecule has 5 heterocycles. The molecule has 244 valence electrons. The van der Waals surface area contributed by atoms with E-state index in [1.165, 1.54) is 6.33 Å². The van der Waals surface area contributed by atoms with Crippen LogP contribution in [-0.4, -0.2) is 45.8 Å². The molecule has 11 nitrogen and oxygen atoms in total. The van der Waals surface area contributed by atoms with Crippen molar-refractivity contribution in [3.63, 3.8) is 0 Å². The lowest BCUT2D eigenvalue weighted by atomic mass is 9.58. The molecule has 46 heavy (non-hydrogen) atoms. The molecule has 3 aromatic rings. The molecule has 1 amide bonds. The van der Waals surface area contributed by atoms with Crippen molar-refractivity contribution < 1.29 is 33.6 Å². The SMILES string of the molecule is C[C@H]1[C@H](OC(=O)CCC(=O)Nc2cccc3ncnc(Nc4ccc(Cl)c(Cl)c4)c23)O[C@@H]2O[C@@]3(C)CC[C@H]4[C@H](C)CC[C@@H]1[C@@]24OO3. The molecule has 0 radical (unpaired) electrons. The number of carbonyl (C=O) groups excluding carboxylic acids is 2. The Morgan fingerprint density at radius 1 is 1.02 bits per heavy atom. The third-order valence-electron chi connectivity index (χ3n) is 10.0. The van der Waals surface area contributed by atoms with Crippen LogP contribution < -0.4 is 10.6 Å². The fourth-order valence-electron chi connectivity index (χ4n) is 7.64. The van der Waals surface area contributed by atoms with Gasteiger partial charge in [-0.25, -0.2) is 19.7 Å². The Morgan fingerprint density at radius 2 is 1.87 bits per heavy atom. The number of hydrogen-bond acceptors (Lipinski definition) is 10. The predicted molar refractivity (Wildman–Crippen MR) is 170 cm³/mol. The third kappa shape index (κ3) is 5.61. The summed E-state index contributed by atoms with van der Waals surface area (Å²) in [4.78, 5) is 46.9. The highest BCUT2D eigenvalue weighted by Gasteiger charge is 2.69. The lowest BCUT2D eigenvalue weighted by molar-refractivity contribution is -0.576. The molecule has 1 spiro atoms. The number of nitrogens with zero attached hydrogens (tertiary/aromatic N) is 2. The lowest BCUT2D eigenvalue weighted by Gasteiger charge is -2.59. The number of rotatable bonds is 7. The number of fused-ring (bicyclic) bond motifs is 3. The fourth-order valence-corrected chi connectivity index (χ4v) is 7.94. The minimum atomic E-state index is -0.922. The normalized spacial score (nSPS) is 33.2. The first-order chi connectivity index (χ1) is 22.1. The van der Waals surface area contributed by atoms with E-state index in [1.807, 2.05) is 19.9 Å². The summed E-state index contributed by atoms with van der Waals surface area (Å²) in [7, 11) is 0. The third-order valence-corrected chi connectivity index (χ3v) is 10.8. The average molecular weight is 672 g/mol. The number of hydrogen-bond donors (Lipinski definition) is 2. The summed E-state index contributed by atoms with van der Waals surface area (Å²) < 4.78 is 18.5. The Balaban J connectivity index is 1.01. The van der Waals surface area contributed by atoms with Gasteiger partial charge in [-0.1, -0.05) is 43.1 Å². The fraction of sp³-hybridized carbons (Fsp3) is 0.515. The van der Waals surface area contributed by atoms with Crippen molar-refractivity contribution in [3.8, 4) is 0 Å². The zero-order chi connectivity index (χ0) is 32.2. The summed E-state index contributed by atoms with van der Waals surface area (Å²) in [5.41, 5.74) is 1.03. The van der Waals surface area contributed by atoms with Gasteiger partial charge in [-0.3, -0.25) is 9.59 Å². The second kappa shape index (κ2) is 12.2. The Morgan fingerprint density at radius 3 is 2.70 bits per heavy atom. The predicted octanol–water partition coefficient (Wildman–Crippen LogP) is 7.15. The average Bonchev–Trinajstić information content (AvgIpc) is 3.26. The van der Waals surface area contributed by atoms with Gasteiger partial charge >= 0.3 is 5.97 Å². The van der Waals surface area contributed by atoms with Gasteiger partial charge in [0.25, 0.3) is 0 Å². The molecule has 1 aliphatic carbocycles. The van der Waals surface area contributed by atoms with Gasteiger partial charge in [0.15, 0.2) is 11.9 Å². The number of anilines is 3. The number of amides is 1. The zero-order valence-corrected chi connectivity index (χ0v) is 27.3. The topological polar surface area (TPSA) is 130 Å². The van der Waals surface area contributed by atoms with E-state index in [1.54, 1.807) is 30.3 Å². The molecule has 2 N–H and O–H groups in total. The minimum absolute atomic E-state index is 0.0245. The molecule has 13 heteroatoms. The van der Waals surface area contributed by atoms with Crippen LogP contribution in [0.25, 0.3) is 10.9 Å². The molecule has 5 aliphatic rings. The molecular weight excluding hydrogens is 635 g/mol. The quantitative estimate of drug-likeness (QED) is 0.197. The van der Waals surface area contributed by atoms with Crippen LogP contribution in [0.3, 0.4) is 0 Å². The molecule has 2 bridgehead atoms. The van der Waals surface area contributed by atoms with E-state index in [2.05, 4.69) is 27.5 Å². The first-order valence-electron chi connectivity index (χ1n) is 15.7. The number of nitrogens with one attached hydrogen (secondary N) is 2. The molecule has 4 aliphatic heterocycles. The molecule has 1 aromatic heterocycles. The van der Waals surface area contributed by atoms with Crippen molar-refractivity contribution >= 4 is 63.2 Å². The van der Waals surface area contributed by atoms with Crippen LogP contribution in [0.5, 0.6) is 0 Å². The maximum absolute atomic E-state index is 13.1. The second-order valence-electron chi connectivity index (χ2n) is 13.0. The van der Waals surface area contributed by atoms with Crippen molar-refractivity contribution in [1.29, 1.82) is 0 Å². The summed E-state index contributed by atoms with van der Waals surface area (Å²) >= 11 is 12.3. The number of benzene rings is 2. The van der Waals surface area contributed by atoms with Crippen LogP contribution >= 0.6 is 23.2 Å². The molecule has 0 unspecified atom stereocenters. The molecule has 2 aromatic carbocycles. The Labute approximate surface area is 276 Å². The van der Waals surface area contributed by atoms with E-state index in [4.69, 9.17) is 47.2 Å². The standard InChI is InChI=1S/C33H36Cl2N4O7/c1-17-7-9-21-18(2)30(43-31-33(21)20(17)13-14-32(3,44-31)45-46-33)42-27(41)12-11-26(40)39-25-6-4-5-24-28(25)29(37-16-36-24)38-19-8-10-22(34)23(35)15-19/h4-6,8,10,15-18,20-21,30-31H,7,9,11-14H2,1-3H3,(H,39,40)(H,36,37,38)/t17-,18-,20+,21+,30-,31-,32-,33-/m1/s1. The Kier molecular flexibility index (Phi) is 8.36. The summed E-state index contributed by atoms with van der Waals surface area (Å²) in [6.45, 7) is 6.12. The maximum atomic E-state index is 13.1. The van der Waals surface area contributed by atoms with Crippen LogP contribution in [0.2, 0.25) is 10.0 Å². The first kappa shape index (κ1) is 31.5. The Bertz CT molecular complexity index is 1670. The van der Waals surface area contributed by atoms with Crippen molar-refractivity contribution in [2.45, 2.75) is 83.3 Å². The van der Waals surface area contributed by atoms with Crippen molar-refractivity contribution in [3.05, 3.63) is 52.8 Å². The van der Waals surface area contributed by atoms with Crippen molar-refractivity contribution in [1.82, 2.24) is 9.97 Å². The van der Waals surface area contributed by atoms with E-state index in [-0.39, 0.29) is 36.5 Å². The van der Waals surface area contributed by atoms with E-state index in [0.29, 0.717) is 50.5 Å². The maximum Gasteiger partial charge on any atom is 0.308 e. The summed E-state index contributed by atoms with van der Waals surface area (Å²) in [6, 6.07) is 10.5. The molecule has 8 rings (SSSR count). The van der Waals surface area contributed by atoms with Crippen LogP contribution in [0.15, 0.2) is 42.7 Å². The summed E-state index contributed by atoms with van der Waals surface area (Å²) in [5.74, 6) is -0.844. The van der Waals surface area contributed by atoms with Gasteiger partial charge in [-0.05, 0) is 68.4 Å². The van der Waals surface area contributed by atoms with Gasteiger partial charge in [0, 0.05) is 30.4 Å². The van der Waals surface area contributed by atoms with E-state index < -0.39 is 29.9 Å². The second-order valence-corrected chi connectivity index (χ2v) is 13.8. The number of carbonyl (C=O) groups is 2. The Hall–Kier alpha value is -3.06. The highest BCUT2D eigenvalue weighted by Crippen LogP contribution is 2.60. The highest BCUT2D eigenvalue weighted by molar-refractivity contribution is 6.42. The molecule has 4 saturated heterocycles. The molecular formula is C33H36Cl2N4O7. The molecule has 5 fully saturated rings. The summed E-state index contributed by atoms with van der Waals surface area (Å²) in [6.07, 6.45) is 3.18. The van der Waals surface area contributed by atoms with Gasteiger partial charge in [0.05, 0.1) is 33.1 Å². The van der Waals surface area contributed by atoms with Crippen LogP contribution in [0.4, 0.5) is 17.2 Å². The monoisotopic (exact) mass is 670 g/mol. The zero-order valence-electron chi connectivity index (χ0n) is 25.8. The highest BCUT2D eigenvalue weighted by atomic mass is 35.5. The van der Waals surface area contributed by atoms with Crippen molar-refractivity contribution in [2.75, 3.05) is 10.6 Å². The van der Waals surface area contributed by atoms with Gasteiger partial charge in [-0.2, -0.15) is 0 Å². The van der Waals surface area contributed by atoms with Crippen LogP contribution in [-0.2, 0) is 33.6 Å². The number of esters is 1. The van der Waals surface area contributed by atoms with Gasteiger partial charge in [0.2, 0.25) is 18.0 Å².